The van der Waals surface area contributed by atoms with Gasteiger partial charge in [-0.05, 0) is 12.5 Å². The number of carbonyl (C=O) groups excluding carboxylic acids is 2. The summed E-state index contributed by atoms with van der Waals surface area (Å²) in [6.07, 6.45) is 0.227. The van der Waals surface area contributed by atoms with E-state index in [1.54, 1.807) is 4.90 Å². The van der Waals surface area contributed by atoms with E-state index in [9.17, 15) is 14.4 Å². The SMILES string of the molecule is CC(c1ccccc1)N1CC(C(=O)NCCSCC(=O)O)CC1=O. The van der Waals surface area contributed by atoms with Crippen molar-refractivity contribution in [3.63, 3.8) is 0 Å². The topological polar surface area (TPSA) is 86.7 Å². The molecular formula is C17H22N2O4S. The zero-order chi connectivity index (χ0) is 17.5. The molecule has 0 saturated carbocycles. The predicted octanol–water partition coefficient (Wildman–Crippen LogP) is 1.53. The average molecular weight is 350 g/mol. The van der Waals surface area contributed by atoms with Gasteiger partial charge in [0.05, 0.1) is 17.7 Å². The van der Waals surface area contributed by atoms with Gasteiger partial charge >= 0.3 is 5.97 Å². The summed E-state index contributed by atoms with van der Waals surface area (Å²) < 4.78 is 0. The maximum absolute atomic E-state index is 12.2. The van der Waals surface area contributed by atoms with E-state index in [1.807, 2.05) is 37.3 Å². The lowest BCUT2D eigenvalue weighted by Gasteiger charge is -2.25. The maximum atomic E-state index is 12.2. The smallest absolute Gasteiger partial charge is 0.313 e. The number of hydrogen-bond donors (Lipinski definition) is 2. The summed E-state index contributed by atoms with van der Waals surface area (Å²) in [5, 5.41) is 11.3. The van der Waals surface area contributed by atoms with Crippen LogP contribution in [-0.2, 0) is 14.4 Å². The van der Waals surface area contributed by atoms with E-state index in [2.05, 4.69) is 5.32 Å². The minimum absolute atomic E-state index is 0.00763. The Labute approximate surface area is 145 Å². The number of thioether (sulfide) groups is 1. The van der Waals surface area contributed by atoms with Gasteiger partial charge in [0.1, 0.15) is 0 Å². The molecule has 0 spiro atoms. The van der Waals surface area contributed by atoms with E-state index < -0.39 is 5.97 Å². The second kappa shape index (κ2) is 8.73. The molecule has 0 aromatic heterocycles. The third-order valence-corrected chi connectivity index (χ3v) is 4.99. The number of benzene rings is 1. The molecule has 2 N–H and O–H groups in total. The van der Waals surface area contributed by atoms with Crippen LogP contribution in [0.5, 0.6) is 0 Å². The summed E-state index contributed by atoms with van der Waals surface area (Å²) in [6.45, 7) is 2.80. The van der Waals surface area contributed by atoms with Crippen LogP contribution in [-0.4, -0.2) is 52.4 Å². The van der Waals surface area contributed by atoms with E-state index in [1.165, 1.54) is 11.8 Å². The van der Waals surface area contributed by atoms with Gasteiger partial charge in [0.25, 0.3) is 0 Å². The quantitative estimate of drug-likeness (QED) is 0.695. The van der Waals surface area contributed by atoms with Crippen molar-refractivity contribution in [2.75, 3.05) is 24.6 Å². The van der Waals surface area contributed by atoms with E-state index in [0.29, 0.717) is 18.8 Å². The number of amides is 2. The summed E-state index contributed by atoms with van der Waals surface area (Å²) in [4.78, 5) is 36.6. The highest BCUT2D eigenvalue weighted by Gasteiger charge is 2.36. The third-order valence-electron chi connectivity index (χ3n) is 4.05. The first kappa shape index (κ1) is 18.3. The van der Waals surface area contributed by atoms with Crippen LogP contribution in [0.1, 0.15) is 24.9 Å². The van der Waals surface area contributed by atoms with Crippen molar-refractivity contribution in [2.24, 2.45) is 5.92 Å². The van der Waals surface area contributed by atoms with Gasteiger partial charge in [0.2, 0.25) is 11.8 Å². The predicted molar refractivity (Wildman–Crippen MR) is 92.6 cm³/mol. The molecule has 1 aromatic carbocycles. The van der Waals surface area contributed by atoms with E-state index in [-0.39, 0.29) is 35.9 Å². The highest BCUT2D eigenvalue weighted by atomic mass is 32.2. The number of hydrogen-bond acceptors (Lipinski definition) is 4. The molecule has 0 radical (unpaired) electrons. The summed E-state index contributed by atoms with van der Waals surface area (Å²) in [5.41, 5.74) is 1.05. The van der Waals surface area contributed by atoms with Crippen LogP contribution in [0, 0.1) is 5.92 Å². The molecule has 1 fully saturated rings. The van der Waals surface area contributed by atoms with Crippen LogP contribution in [0.2, 0.25) is 0 Å². The Morgan fingerprint density at radius 3 is 2.75 bits per heavy atom. The molecule has 2 amide bonds. The van der Waals surface area contributed by atoms with Gasteiger partial charge in [-0.25, -0.2) is 0 Å². The van der Waals surface area contributed by atoms with Crippen molar-refractivity contribution in [3.05, 3.63) is 35.9 Å². The molecule has 6 nitrogen and oxygen atoms in total. The lowest BCUT2D eigenvalue weighted by Crippen LogP contribution is -2.35. The van der Waals surface area contributed by atoms with Gasteiger partial charge in [0.15, 0.2) is 0 Å². The number of carbonyl (C=O) groups is 3. The molecule has 24 heavy (non-hydrogen) atoms. The van der Waals surface area contributed by atoms with Crippen molar-refractivity contribution in [1.29, 1.82) is 0 Å². The summed E-state index contributed by atoms with van der Waals surface area (Å²) in [7, 11) is 0. The van der Waals surface area contributed by atoms with Crippen LogP contribution in [0.15, 0.2) is 30.3 Å². The Morgan fingerprint density at radius 1 is 1.38 bits per heavy atom. The van der Waals surface area contributed by atoms with Gasteiger partial charge in [-0.15, -0.1) is 11.8 Å². The minimum atomic E-state index is -0.863. The zero-order valence-electron chi connectivity index (χ0n) is 13.6. The second-order valence-corrected chi connectivity index (χ2v) is 6.88. The fraction of sp³-hybridized carbons (Fsp3) is 0.471. The Bertz CT molecular complexity index is 594. The van der Waals surface area contributed by atoms with E-state index in [4.69, 9.17) is 5.11 Å². The van der Waals surface area contributed by atoms with Gasteiger partial charge < -0.3 is 15.3 Å². The van der Waals surface area contributed by atoms with Crippen LogP contribution in [0.3, 0.4) is 0 Å². The van der Waals surface area contributed by atoms with Crippen LogP contribution < -0.4 is 5.32 Å². The summed E-state index contributed by atoms with van der Waals surface area (Å²) in [5.74, 6) is -0.775. The van der Waals surface area contributed by atoms with Crippen molar-refractivity contribution < 1.29 is 19.5 Å². The van der Waals surface area contributed by atoms with Gasteiger partial charge in [0, 0.05) is 25.3 Å². The zero-order valence-corrected chi connectivity index (χ0v) is 14.4. The number of nitrogens with zero attached hydrogens (tertiary/aromatic N) is 1. The fourth-order valence-corrected chi connectivity index (χ4v) is 3.31. The van der Waals surface area contributed by atoms with Gasteiger partial charge in [-0.3, -0.25) is 14.4 Å². The third kappa shape index (κ3) is 4.99. The first-order valence-corrected chi connectivity index (χ1v) is 9.06. The second-order valence-electron chi connectivity index (χ2n) is 5.77. The Hall–Kier alpha value is -2.02. The molecule has 2 rings (SSSR count). The maximum Gasteiger partial charge on any atom is 0.313 e. The van der Waals surface area contributed by atoms with E-state index in [0.717, 1.165) is 5.56 Å². The molecule has 1 aromatic rings. The molecule has 0 aliphatic carbocycles. The van der Waals surface area contributed by atoms with Crippen LogP contribution >= 0.6 is 11.8 Å². The molecule has 1 aliphatic rings. The molecule has 2 unspecified atom stereocenters. The fourth-order valence-electron chi connectivity index (χ4n) is 2.74. The lowest BCUT2D eigenvalue weighted by molar-refractivity contribution is -0.134. The molecule has 1 heterocycles. The van der Waals surface area contributed by atoms with E-state index >= 15 is 0 Å². The number of carboxylic acid groups (broad SMARTS) is 1. The number of rotatable bonds is 8. The average Bonchev–Trinajstić information content (AvgIpc) is 2.96. The standard InChI is InChI=1S/C17H22N2O4S/c1-12(13-5-3-2-4-6-13)19-10-14(9-15(19)20)17(23)18-7-8-24-11-16(21)22/h2-6,12,14H,7-11H2,1H3,(H,18,23)(H,21,22). The van der Waals surface area contributed by atoms with Crippen molar-refractivity contribution in [2.45, 2.75) is 19.4 Å². The minimum Gasteiger partial charge on any atom is -0.481 e. The molecule has 1 saturated heterocycles. The Kier molecular flexibility index (Phi) is 6.66. The number of nitrogens with one attached hydrogen (secondary N) is 1. The molecule has 1 aliphatic heterocycles. The van der Waals surface area contributed by atoms with Crippen molar-refractivity contribution in [1.82, 2.24) is 10.2 Å². The Balaban J connectivity index is 1.81. The normalized spacial score (nSPS) is 18.5. The first-order valence-electron chi connectivity index (χ1n) is 7.90. The highest BCUT2D eigenvalue weighted by Crippen LogP contribution is 2.28. The Morgan fingerprint density at radius 2 is 2.08 bits per heavy atom. The number of carboxylic acids is 1. The summed E-state index contributed by atoms with van der Waals surface area (Å²) >= 11 is 1.26. The van der Waals surface area contributed by atoms with Crippen LogP contribution in [0.25, 0.3) is 0 Å². The molecule has 2 atom stereocenters. The summed E-state index contributed by atoms with van der Waals surface area (Å²) in [6, 6.07) is 9.70. The molecular weight excluding hydrogens is 328 g/mol. The molecule has 0 bridgehead atoms. The largest absolute Gasteiger partial charge is 0.481 e. The van der Waals surface area contributed by atoms with Crippen molar-refractivity contribution >= 4 is 29.5 Å². The highest BCUT2D eigenvalue weighted by molar-refractivity contribution is 7.99. The molecule has 7 heteroatoms. The lowest BCUT2D eigenvalue weighted by atomic mass is 10.1. The number of aliphatic carboxylic acids is 1. The monoisotopic (exact) mass is 350 g/mol. The molecule has 130 valence electrons. The first-order chi connectivity index (χ1) is 11.5. The van der Waals surface area contributed by atoms with Crippen LogP contribution in [0.4, 0.5) is 0 Å². The van der Waals surface area contributed by atoms with Gasteiger partial charge in [-0.1, -0.05) is 30.3 Å². The van der Waals surface area contributed by atoms with Crippen molar-refractivity contribution in [3.8, 4) is 0 Å². The number of likely N-dealkylation sites (tertiary alicyclic amines) is 1. The van der Waals surface area contributed by atoms with Gasteiger partial charge in [-0.2, -0.15) is 0 Å².